The Morgan fingerprint density at radius 3 is 2.41 bits per heavy atom. The first-order chi connectivity index (χ1) is 15.2. The first kappa shape index (κ1) is 20.9. The van der Waals surface area contributed by atoms with Crippen molar-refractivity contribution in [2.45, 2.75) is 45.6 Å². The van der Waals surface area contributed by atoms with Crippen LogP contribution in [0, 0.1) is 17.1 Å². The quantitative estimate of drug-likeness (QED) is 0.694. The first-order valence-electron chi connectivity index (χ1n) is 11.4. The molecule has 2 aliphatic carbocycles. The minimum Gasteiger partial charge on any atom is -0.369 e. The molecule has 3 aliphatic rings. The van der Waals surface area contributed by atoms with Gasteiger partial charge in [0.15, 0.2) is 5.78 Å². The van der Waals surface area contributed by atoms with Gasteiger partial charge in [0.2, 0.25) is 0 Å². The van der Waals surface area contributed by atoms with Crippen molar-refractivity contribution >= 4 is 17.0 Å². The molecule has 0 N–H and O–H groups in total. The van der Waals surface area contributed by atoms with E-state index in [1.54, 1.807) is 6.07 Å². The molecule has 0 atom stereocenters. The van der Waals surface area contributed by atoms with Crippen molar-refractivity contribution in [3.8, 4) is 6.07 Å². The fraction of sp³-hybridized carbons (Fsp3) is 0.407. The zero-order valence-corrected chi connectivity index (χ0v) is 19.1. The molecule has 4 nitrogen and oxygen atoms in total. The van der Waals surface area contributed by atoms with E-state index in [9.17, 15) is 14.4 Å². The molecule has 2 aromatic rings. The summed E-state index contributed by atoms with van der Waals surface area (Å²) < 4.78 is 14.9. The molecule has 164 valence electrons. The molecule has 5 rings (SSSR count). The summed E-state index contributed by atoms with van der Waals surface area (Å²) in [6, 6.07) is 11.9. The highest BCUT2D eigenvalue weighted by molar-refractivity contribution is 6.33. The summed E-state index contributed by atoms with van der Waals surface area (Å²) in [6.45, 7) is 12.7. The second kappa shape index (κ2) is 7.28. The van der Waals surface area contributed by atoms with Gasteiger partial charge in [-0.1, -0.05) is 19.9 Å². The van der Waals surface area contributed by atoms with Gasteiger partial charge in [-0.05, 0) is 61.2 Å². The number of carbonyl (C=O) groups excluding carboxylic acids is 1. The number of hydrogen-bond donors (Lipinski definition) is 0. The van der Waals surface area contributed by atoms with Crippen LogP contribution in [-0.2, 0) is 11.8 Å². The maximum absolute atomic E-state index is 14.9. The van der Waals surface area contributed by atoms with Crippen molar-refractivity contribution in [3.05, 3.63) is 69.5 Å². The highest BCUT2D eigenvalue weighted by Gasteiger charge is 2.44. The smallest absolute Gasteiger partial charge is 0.193 e. The molecule has 1 heterocycles. The van der Waals surface area contributed by atoms with Crippen molar-refractivity contribution in [3.63, 3.8) is 0 Å². The van der Waals surface area contributed by atoms with Gasteiger partial charge in [0, 0.05) is 60.0 Å². The Balaban J connectivity index is 1.53. The molecule has 0 radical (unpaired) electrons. The Kier molecular flexibility index (Phi) is 4.76. The van der Waals surface area contributed by atoms with Crippen molar-refractivity contribution in [1.29, 1.82) is 5.26 Å². The highest BCUT2D eigenvalue weighted by atomic mass is 19.1. The van der Waals surface area contributed by atoms with E-state index >= 15 is 0 Å². The van der Waals surface area contributed by atoms with Crippen molar-refractivity contribution in [2.24, 2.45) is 0 Å². The van der Waals surface area contributed by atoms with Crippen molar-refractivity contribution < 1.29 is 9.18 Å². The minimum atomic E-state index is -0.490. The molecule has 0 amide bonds. The molecule has 0 spiro atoms. The van der Waals surface area contributed by atoms with E-state index in [-0.39, 0.29) is 11.3 Å². The van der Waals surface area contributed by atoms with Gasteiger partial charge in [-0.25, -0.2) is 4.39 Å². The largest absolute Gasteiger partial charge is 0.369 e. The van der Waals surface area contributed by atoms with Crippen LogP contribution in [-0.4, -0.2) is 42.9 Å². The van der Waals surface area contributed by atoms with Crippen LogP contribution in [0.4, 0.5) is 10.1 Å². The zero-order valence-electron chi connectivity index (χ0n) is 19.1. The molecule has 32 heavy (non-hydrogen) atoms. The van der Waals surface area contributed by atoms with Gasteiger partial charge in [0.05, 0.1) is 5.56 Å². The van der Waals surface area contributed by atoms with E-state index in [2.05, 4.69) is 49.6 Å². The van der Waals surface area contributed by atoms with Gasteiger partial charge in [0.1, 0.15) is 11.9 Å². The Morgan fingerprint density at radius 2 is 1.75 bits per heavy atom. The number of anilines is 1. The van der Waals surface area contributed by atoms with Crippen LogP contribution in [0.15, 0.2) is 35.9 Å². The summed E-state index contributed by atoms with van der Waals surface area (Å²) in [7, 11) is 0. The fourth-order valence-corrected chi connectivity index (χ4v) is 5.57. The molecule has 0 bridgehead atoms. The summed E-state index contributed by atoms with van der Waals surface area (Å²) in [5.74, 6) is -0.524. The lowest BCUT2D eigenvalue weighted by atomic mass is 9.68. The number of Topliss-reactive ketones (excluding diaryl/α,β-unsaturated/α-hetero) is 1. The Hall–Kier alpha value is -2.97. The van der Waals surface area contributed by atoms with E-state index in [4.69, 9.17) is 0 Å². The number of hydrogen-bond acceptors (Lipinski definition) is 4. The lowest BCUT2D eigenvalue weighted by Crippen LogP contribution is -2.49. The molecule has 5 heteroatoms. The third-order valence-corrected chi connectivity index (χ3v) is 7.60. The molecule has 0 saturated carbocycles. The summed E-state index contributed by atoms with van der Waals surface area (Å²) in [5.41, 5.74) is 5.21. The zero-order chi connectivity index (χ0) is 22.8. The van der Waals surface area contributed by atoms with Gasteiger partial charge in [-0.3, -0.25) is 9.69 Å². The predicted octanol–water partition coefficient (Wildman–Crippen LogP) is 4.71. The van der Waals surface area contributed by atoms with Crippen LogP contribution in [0.1, 0.15) is 60.3 Å². The average Bonchev–Trinajstić information content (AvgIpc) is 3.20. The molecule has 1 fully saturated rings. The topological polar surface area (TPSA) is 47.3 Å². The Labute approximate surface area is 188 Å². The number of benzene rings is 2. The number of ketones is 1. The van der Waals surface area contributed by atoms with Crippen LogP contribution >= 0.6 is 0 Å². The predicted molar refractivity (Wildman–Crippen MR) is 124 cm³/mol. The fourth-order valence-electron chi connectivity index (χ4n) is 5.57. The van der Waals surface area contributed by atoms with E-state index in [0.29, 0.717) is 34.7 Å². The molecular formula is C27H28FN3O. The number of rotatable bonds is 2. The van der Waals surface area contributed by atoms with E-state index in [0.717, 1.165) is 43.0 Å². The minimum absolute atomic E-state index is 0.0339. The van der Waals surface area contributed by atoms with Gasteiger partial charge in [0.25, 0.3) is 0 Å². The van der Waals surface area contributed by atoms with Gasteiger partial charge in [-0.15, -0.1) is 0 Å². The summed E-state index contributed by atoms with van der Waals surface area (Å²) in [5, 5.41) is 9.23. The number of nitrogens with zero attached hydrogens (tertiary/aromatic N) is 3. The van der Waals surface area contributed by atoms with E-state index < -0.39 is 11.2 Å². The SMILES string of the molecule is CC(C)N1CCN(c2ccc3c(c2)C(C)(C)C2=C(C3=O)c3ccc(C#N)c(F)c3C2)CC1. The number of allylic oxidation sites excluding steroid dienone is 2. The molecule has 2 aromatic carbocycles. The lowest BCUT2D eigenvalue weighted by molar-refractivity contribution is 0.105. The molecule has 1 saturated heterocycles. The number of halogens is 1. The third-order valence-electron chi connectivity index (χ3n) is 7.60. The van der Waals surface area contributed by atoms with E-state index in [1.165, 1.54) is 6.07 Å². The van der Waals surface area contributed by atoms with Gasteiger partial charge in [-0.2, -0.15) is 5.26 Å². The number of nitriles is 1. The molecule has 1 aliphatic heterocycles. The van der Waals surface area contributed by atoms with Gasteiger partial charge >= 0.3 is 0 Å². The van der Waals surface area contributed by atoms with Crippen LogP contribution in [0.25, 0.3) is 5.57 Å². The lowest BCUT2D eigenvalue weighted by Gasteiger charge is -2.39. The van der Waals surface area contributed by atoms with Crippen LogP contribution < -0.4 is 4.90 Å². The average molecular weight is 430 g/mol. The second-order valence-corrected chi connectivity index (χ2v) is 9.90. The van der Waals surface area contributed by atoms with Gasteiger partial charge < -0.3 is 4.90 Å². The molecular weight excluding hydrogens is 401 g/mol. The number of piperazine rings is 1. The van der Waals surface area contributed by atoms with Crippen LogP contribution in [0.2, 0.25) is 0 Å². The summed E-state index contributed by atoms with van der Waals surface area (Å²) in [4.78, 5) is 18.4. The van der Waals surface area contributed by atoms with Crippen LogP contribution in [0.5, 0.6) is 0 Å². The maximum Gasteiger partial charge on any atom is 0.193 e. The number of carbonyl (C=O) groups is 1. The molecule has 0 unspecified atom stereocenters. The second-order valence-electron chi connectivity index (χ2n) is 9.90. The normalized spacial score (nSPS) is 19.7. The third kappa shape index (κ3) is 2.93. The maximum atomic E-state index is 14.9. The van der Waals surface area contributed by atoms with Crippen LogP contribution in [0.3, 0.4) is 0 Å². The van der Waals surface area contributed by atoms with Crippen molar-refractivity contribution in [2.75, 3.05) is 31.1 Å². The monoisotopic (exact) mass is 429 g/mol. The summed E-state index contributed by atoms with van der Waals surface area (Å²) >= 11 is 0. The Bertz CT molecular complexity index is 1210. The highest BCUT2D eigenvalue weighted by Crippen LogP contribution is 2.51. The van der Waals surface area contributed by atoms with Crippen molar-refractivity contribution in [1.82, 2.24) is 4.90 Å². The summed E-state index contributed by atoms with van der Waals surface area (Å²) in [6.07, 6.45) is 0.376. The standard InChI is InChI=1S/C27H28FN3O/c1-16(2)30-9-11-31(12-10-30)18-6-8-20-22(13-18)27(3,4)23-14-21-19(24(23)26(20)32)7-5-17(15-29)25(21)28/h5-8,13,16H,9-12,14H2,1-4H3. The Morgan fingerprint density at radius 1 is 1.06 bits per heavy atom. The number of fused-ring (bicyclic) bond motifs is 3. The first-order valence-corrected chi connectivity index (χ1v) is 11.4. The molecule has 0 aromatic heterocycles. The van der Waals surface area contributed by atoms with E-state index in [1.807, 2.05) is 12.1 Å².